The molecule has 6 rings (SSSR count). The summed E-state index contributed by atoms with van der Waals surface area (Å²) >= 11 is 6.48. The lowest BCUT2D eigenvalue weighted by Gasteiger charge is -2.42. The second-order valence-electron chi connectivity index (χ2n) is 13.0. The number of aliphatic hydroxyl groups is 2. The minimum absolute atomic E-state index is 0.106. The molecule has 2 fully saturated rings. The maximum atomic E-state index is 14.9. The summed E-state index contributed by atoms with van der Waals surface area (Å²) in [5, 5.41) is 19.4. The van der Waals surface area contributed by atoms with E-state index < -0.39 is 22.8 Å². The fraction of sp³-hybridized carbons (Fsp3) is 0.455. The number of hydrogen-bond acceptors (Lipinski definition) is 7. The van der Waals surface area contributed by atoms with Gasteiger partial charge in [0.25, 0.3) is 0 Å². The van der Waals surface area contributed by atoms with Gasteiger partial charge in [0.05, 0.1) is 29.8 Å². The number of hydrogen-bond donors (Lipinski definition) is 2. The Morgan fingerprint density at radius 1 is 1.09 bits per heavy atom. The van der Waals surface area contributed by atoms with Crippen LogP contribution in [0.1, 0.15) is 56.2 Å². The molecule has 3 aromatic rings. The Bertz CT molecular complexity index is 1570. The van der Waals surface area contributed by atoms with Gasteiger partial charge >= 0.3 is 5.97 Å². The Labute approximate surface area is 253 Å². The molecule has 3 atom stereocenters. The van der Waals surface area contributed by atoms with Crippen LogP contribution < -0.4 is 9.47 Å². The number of nitrogens with zero attached hydrogens (tertiary/aromatic N) is 1. The second-order valence-corrected chi connectivity index (χ2v) is 13.4. The molecule has 228 valence electrons. The van der Waals surface area contributed by atoms with Crippen LogP contribution in [-0.2, 0) is 22.6 Å². The first-order valence-electron chi connectivity index (χ1n) is 14.4. The summed E-state index contributed by atoms with van der Waals surface area (Å²) in [6.07, 6.45) is 3.35. The summed E-state index contributed by atoms with van der Waals surface area (Å²) in [6, 6.07) is 8.85. The first-order valence-corrected chi connectivity index (χ1v) is 14.8. The van der Waals surface area contributed by atoms with E-state index in [9.17, 15) is 23.8 Å². The largest absolute Gasteiger partial charge is 0.493 e. The zero-order valence-corrected chi connectivity index (χ0v) is 25.0. The van der Waals surface area contributed by atoms with E-state index in [0.717, 1.165) is 23.6 Å². The molecular weight excluding hydrogens is 580 g/mol. The number of ether oxygens (including phenoxy) is 3. The van der Waals surface area contributed by atoms with Crippen molar-refractivity contribution in [3.8, 4) is 22.8 Å². The average Bonchev–Trinajstić information content (AvgIpc) is 3.51. The SMILES string of the molecule is CC(C)(C)OC(=O)[C@H]1[C@@H]2Cc3cc(OCc4cc(-c5ccc(OC[C@H]6C[C@@](O)(CO)C6)cc5Cl)c(F)cc4F)ncc3[C@@H]21. The lowest BCUT2D eigenvalue weighted by Crippen LogP contribution is -2.48. The van der Waals surface area contributed by atoms with E-state index in [0.29, 0.717) is 36.6 Å². The van der Waals surface area contributed by atoms with Gasteiger partial charge in [-0.15, -0.1) is 0 Å². The van der Waals surface area contributed by atoms with Crippen molar-refractivity contribution < 1.29 is 38.0 Å². The third-order valence-electron chi connectivity index (χ3n) is 8.52. The van der Waals surface area contributed by atoms with Crippen LogP contribution >= 0.6 is 11.6 Å². The molecule has 0 radical (unpaired) electrons. The molecule has 1 aromatic heterocycles. The fourth-order valence-corrected chi connectivity index (χ4v) is 6.65. The van der Waals surface area contributed by atoms with Crippen molar-refractivity contribution in [2.45, 2.75) is 63.8 Å². The lowest BCUT2D eigenvalue weighted by molar-refractivity contribution is -0.157. The summed E-state index contributed by atoms with van der Waals surface area (Å²) in [5.41, 5.74) is 1.16. The summed E-state index contributed by atoms with van der Waals surface area (Å²) in [7, 11) is 0. The molecule has 0 bridgehead atoms. The molecule has 3 aliphatic carbocycles. The van der Waals surface area contributed by atoms with Crippen molar-refractivity contribution in [1.82, 2.24) is 4.98 Å². The van der Waals surface area contributed by atoms with Crippen LogP contribution in [0.25, 0.3) is 11.1 Å². The number of aromatic nitrogens is 1. The smallest absolute Gasteiger partial charge is 0.310 e. The predicted molar refractivity (Wildman–Crippen MR) is 155 cm³/mol. The van der Waals surface area contributed by atoms with Crippen LogP contribution in [0.2, 0.25) is 5.02 Å². The quantitative estimate of drug-likeness (QED) is 0.286. The van der Waals surface area contributed by atoms with Crippen molar-refractivity contribution in [3.05, 3.63) is 75.9 Å². The topological polar surface area (TPSA) is 98.1 Å². The van der Waals surface area contributed by atoms with E-state index in [1.807, 2.05) is 26.8 Å². The Balaban J connectivity index is 1.10. The van der Waals surface area contributed by atoms with Gasteiger partial charge in [-0.3, -0.25) is 4.79 Å². The highest BCUT2D eigenvalue weighted by molar-refractivity contribution is 6.33. The monoisotopic (exact) mass is 613 g/mol. The molecule has 0 spiro atoms. The number of aliphatic hydroxyl groups excluding tert-OH is 1. The van der Waals surface area contributed by atoms with Gasteiger partial charge in [-0.1, -0.05) is 11.6 Å². The summed E-state index contributed by atoms with van der Waals surface area (Å²) in [4.78, 5) is 16.9. The molecule has 0 amide bonds. The van der Waals surface area contributed by atoms with Gasteiger partial charge in [0.2, 0.25) is 5.88 Å². The van der Waals surface area contributed by atoms with Gasteiger partial charge in [-0.25, -0.2) is 13.8 Å². The average molecular weight is 614 g/mol. The van der Waals surface area contributed by atoms with Crippen LogP contribution in [0.5, 0.6) is 11.6 Å². The summed E-state index contributed by atoms with van der Waals surface area (Å²) in [6.45, 7) is 5.48. The second kappa shape index (κ2) is 11.0. The molecule has 3 aliphatic rings. The Hall–Kier alpha value is -3.27. The van der Waals surface area contributed by atoms with Gasteiger partial charge in [0, 0.05) is 40.9 Å². The van der Waals surface area contributed by atoms with E-state index in [2.05, 4.69) is 4.98 Å². The highest BCUT2D eigenvalue weighted by Gasteiger charge is 2.61. The van der Waals surface area contributed by atoms with Crippen molar-refractivity contribution in [2.75, 3.05) is 13.2 Å². The van der Waals surface area contributed by atoms with E-state index in [4.69, 9.17) is 25.8 Å². The molecule has 43 heavy (non-hydrogen) atoms. The normalized spacial score (nSPS) is 25.4. The van der Waals surface area contributed by atoms with Crippen LogP contribution in [0.3, 0.4) is 0 Å². The Morgan fingerprint density at radius 2 is 1.86 bits per heavy atom. The number of halogens is 3. The first kappa shape index (κ1) is 29.8. The minimum Gasteiger partial charge on any atom is -0.493 e. The maximum absolute atomic E-state index is 14.9. The number of carbonyl (C=O) groups is 1. The number of esters is 1. The van der Waals surface area contributed by atoms with Crippen molar-refractivity contribution >= 4 is 17.6 Å². The third-order valence-corrected chi connectivity index (χ3v) is 8.83. The van der Waals surface area contributed by atoms with E-state index >= 15 is 0 Å². The molecule has 10 heteroatoms. The van der Waals surface area contributed by atoms with Crippen LogP contribution in [-0.4, -0.2) is 45.6 Å². The number of carbonyl (C=O) groups excluding carboxylic acids is 1. The molecular formula is C33H34ClF2NO6. The number of fused-ring (bicyclic) bond motifs is 3. The Kier molecular flexibility index (Phi) is 7.63. The molecule has 2 N–H and O–H groups in total. The van der Waals surface area contributed by atoms with Crippen molar-refractivity contribution in [2.24, 2.45) is 17.8 Å². The van der Waals surface area contributed by atoms with Crippen LogP contribution in [0, 0.1) is 29.4 Å². The van der Waals surface area contributed by atoms with Gasteiger partial charge in [-0.05, 0) is 87.3 Å². The third kappa shape index (κ3) is 6.08. The number of rotatable bonds is 9. The van der Waals surface area contributed by atoms with Crippen LogP contribution in [0.15, 0.2) is 42.6 Å². The van der Waals surface area contributed by atoms with Gasteiger partial charge in [0.15, 0.2) is 0 Å². The molecule has 2 saturated carbocycles. The summed E-state index contributed by atoms with van der Waals surface area (Å²) < 4.78 is 46.8. The fourth-order valence-electron chi connectivity index (χ4n) is 6.38. The van der Waals surface area contributed by atoms with E-state index in [1.54, 1.807) is 24.4 Å². The molecule has 0 saturated heterocycles. The first-order chi connectivity index (χ1) is 20.3. The molecule has 1 heterocycles. The zero-order valence-electron chi connectivity index (χ0n) is 24.2. The zero-order chi connectivity index (χ0) is 30.7. The maximum Gasteiger partial charge on any atom is 0.310 e. The van der Waals surface area contributed by atoms with Crippen LogP contribution in [0.4, 0.5) is 8.78 Å². The van der Waals surface area contributed by atoms with Gasteiger partial charge in [-0.2, -0.15) is 0 Å². The van der Waals surface area contributed by atoms with Gasteiger partial charge < -0.3 is 24.4 Å². The number of pyridine rings is 1. The van der Waals surface area contributed by atoms with Crippen molar-refractivity contribution in [1.29, 1.82) is 0 Å². The molecule has 7 nitrogen and oxygen atoms in total. The highest BCUT2D eigenvalue weighted by atomic mass is 35.5. The van der Waals surface area contributed by atoms with E-state index in [-0.39, 0.29) is 59.0 Å². The highest BCUT2D eigenvalue weighted by Crippen LogP contribution is 2.62. The lowest BCUT2D eigenvalue weighted by atomic mass is 9.72. The minimum atomic E-state index is -1.03. The Morgan fingerprint density at radius 3 is 2.56 bits per heavy atom. The number of benzene rings is 2. The van der Waals surface area contributed by atoms with Gasteiger partial charge in [0.1, 0.15) is 29.6 Å². The molecule has 2 aromatic carbocycles. The molecule has 0 unspecified atom stereocenters. The molecule has 0 aliphatic heterocycles. The van der Waals surface area contributed by atoms with E-state index in [1.165, 1.54) is 6.07 Å². The summed E-state index contributed by atoms with van der Waals surface area (Å²) in [5.74, 6) is -0.598. The standard InChI is InChI=1S/C33H34ClF2NO6/c1-32(2,3)43-31(39)30-23-6-18-8-28(37-13-24(18)29(23)30)42-15-19-7-22(27(36)10-26(19)35)21-5-4-20(9-25(21)34)41-14-17-11-33(40,12-17)16-38/h4-5,7-10,13,17,23,29-30,38,40H,6,11-12,14-16H2,1-3H3/t17-,23-,29-,30+,33-/m1/s1. The predicted octanol–water partition coefficient (Wildman–Crippen LogP) is 6.00. The van der Waals surface area contributed by atoms with Crippen molar-refractivity contribution in [3.63, 3.8) is 0 Å².